The van der Waals surface area contributed by atoms with Crippen LogP contribution >= 0.6 is 11.6 Å². The molecule has 0 fully saturated rings. The first-order valence-corrected chi connectivity index (χ1v) is 8.48. The molecule has 3 rings (SSSR count). The van der Waals surface area contributed by atoms with E-state index < -0.39 is 0 Å². The van der Waals surface area contributed by atoms with Gasteiger partial charge < -0.3 is 10.2 Å². The van der Waals surface area contributed by atoms with Crippen LogP contribution in [-0.2, 0) is 13.0 Å². The third-order valence-electron chi connectivity index (χ3n) is 3.74. The second-order valence-corrected chi connectivity index (χ2v) is 6.33. The molecule has 6 nitrogen and oxygen atoms in total. The van der Waals surface area contributed by atoms with E-state index in [1.54, 1.807) is 10.7 Å². The molecule has 0 aliphatic heterocycles. The van der Waals surface area contributed by atoms with Crippen molar-refractivity contribution in [3.8, 4) is 0 Å². The summed E-state index contributed by atoms with van der Waals surface area (Å²) in [5.74, 6) is 0.861. The Morgan fingerprint density at radius 1 is 1.20 bits per heavy atom. The van der Waals surface area contributed by atoms with Crippen molar-refractivity contribution in [2.45, 2.75) is 13.0 Å². The smallest absolute Gasteiger partial charge is 0.193 e. The van der Waals surface area contributed by atoms with Crippen LogP contribution < -0.4 is 5.32 Å². The minimum Gasteiger partial charge on any atom is -0.356 e. The van der Waals surface area contributed by atoms with Gasteiger partial charge in [-0.05, 0) is 17.5 Å². The van der Waals surface area contributed by atoms with Crippen LogP contribution in [0.1, 0.15) is 11.1 Å². The lowest BCUT2D eigenvalue weighted by molar-refractivity contribution is 0.579. The van der Waals surface area contributed by atoms with E-state index in [0.717, 1.165) is 24.5 Å². The molecule has 0 unspecified atom stereocenters. The molecule has 0 aliphatic rings. The van der Waals surface area contributed by atoms with Crippen LogP contribution in [-0.4, -0.2) is 46.1 Å². The average Bonchev–Trinajstić information content (AvgIpc) is 2.99. The molecule has 0 bridgehead atoms. The highest BCUT2D eigenvalue weighted by Gasteiger charge is 2.05. The summed E-state index contributed by atoms with van der Waals surface area (Å²) < 4.78 is 1.70. The summed E-state index contributed by atoms with van der Waals surface area (Å²) >= 11 is 6.01. The van der Waals surface area contributed by atoms with Gasteiger partial charge in [-0.2, -0.15) is 5.10 Å². The summed E-state index contributed by atoms with van der Waals surface area (Å²) in [6, 6.07) is 10.2. The second-order valence-electron chi connectivity index (χ2n) is 5.92. The highest BCUT2D eigenvalue weighted by Crippen LogP contribution is 2.14. The number of hydrogen-bond acceptors (Lipinski definition) is 3. The summed E-state index contributed by atoms with van der Waals surface area (Å²) in [6.07, 6.45) is 6.21. The quantitative estimate of drug-likeness (QED) is 0.564. The summed E-state index contributed by atoms with van der Waals surface area (Å²) in [6.45, 7) is 1.41. The summed E-state index contributed by atoms with van der Waals surface area (Å²) in [5, 5.41) is 8.13. The van der Waals surface area contributed by atoms with Crippen molar-refractivity contribution >= 4 is 23.2 Å². The van der Waals surface area contributed by atoms with E-state index in [1.165, 1.54) is 5.56 Å². The van der Waals surface area contributed by atoms with Gasteiger partial charge in [0.25, 0.3) is 0 Å². The minimum absolute atomic E-state index is 0.563. The largest absolute Gasteiger partial charge is 0.356 e. The van der Waals surface area contributed by atoms with Gasteiger partial charge in [-0.25, -0.2) is 14.5 Å². The van der Waals surface area contributed by atoms with Gasteiger partial charge >= 0.3 is 0 Å². The number of aliphatic imine (C=N–C) groups is 1. The van der Waals surface area contributed by atoms with E-state index in [0.29, 0.717) is 17.2 Å². The Labute approximate surface area is 152 Å². The molecule has 2 heterocycles. The lowest BCUT2D eigenvalue weighted by atomic mass is 10.2. The highest BCUT2D eigenvalue weighted by molar-refractivity contribution is 6.33. The first kappa shape index (κ1) is 17.2. The van der Waals surface area contributed by atoms with Crippen molar-refractivity contribution in [2.75, 3.05) is 20.6 Å². The minimum atomic E-state index is 0.563. The van der Waals surface area contributed by atoms with E-state index >= 15 is 0 Å². The molecule has 7 heteroatoms. The number of guanidine groups is 1. The Morgan fingerprint density at radius 2 is 2.00 bits per heavy atom. The fourth-order valence-corrected chi connectivity index (χ4v) is 2.62. The molecule has 0 saturated heterocycles. The van der Waals surface area contributed by atoms with E-state index in [-0.39, 0.29) is 0 Å². The molecule has 1 N–H and O–H groups in total. The van der Waals surface area contributed by atoms with Crippen molar-refractivity contribution < 1.29 is 0 Å². The molecule has 0 aliphatic carbocycles. The van der Waals surface area contributed by atoms with Gasteiger partial charge in [0.2, 0.25) is 0 Å². The zero-order valence-corrected chi connectivity index (χ0v) is 15.1. The molecule has 130 valence electrons. The van der Waals surface area contributed by atoms with Crippen LogP contribution in [0.25, 0.3) is 5.65 Å². The Balaban J connectivity index is 1.59. The molecular formula is C18H21ClN6. The average molecular weight is 357 g/mol. The predicted molar refractivity (Wildman–Crippen MR) is 101 cm³/mol. The van der Waals surface area contributed by atoms with Gasteiger partial charge in [-0.15, -0.1) is 0 Å². The van der Waals surface area contributed by atoms with Crippen molar-refractivity contribution in [1.82, 2.24) is 24.8 Å². The van der Waals surface area contributed by atoms with Crippen LogP contribution in [0.2, 0.25) is 5.02 Å². The maximum absolute atomic E-state index is 6.01. The lowest BCUT2D eigenvalue weighted by Gasteiger charge is -2.17. The van der Waals surface area contributed by atoms with Gasteiger partial charge in [0.15, 0.2) is 11.6 Å². The van der Waals surface area contributed by atoms with Gasteiger partial charge in [-0.3, -0.25) is 0 Å². The number of aromatic nitrogens is 3. The van der Waals surface area contributed by atoms with Crippen LogP contribution in [0, 0.1) is 0 Å². The van der Waals surface area contributed by atoms with Gasteiger partial charge in [0.05, 0.1) is 12.7 Å². The Bertz CT molecular complexity index is 856. The topological polar surface area (TPSA) is 57.8 Å². The number of benzene rings is 1. The maximum Gasteiger partial charge on any atom is 0.193 e. The van der Waals surface area contributed by atoms with Crippen LogP contribution in [0.15, 0.2) is 53.9 Å². The molecule has 2 aromatic heterocycles. The standard InChI is InChI=1S/C18H21ClN6/c1-24(2)18(22-10-14-6-4-3-5-7-14)20-9-8-15-11-21-17-16(19)12-23-25(17)13-15/h3-7,11-13H,8-10H2,1-2H3,(H,20,22). The van der Waals surface area contributed by atoms with Crippen LogP contribution in [0.5, 0.6) is 0 Å². The van der Waals surface area contributed by atoms with Crippen molar-refractivity contribution in [1.29, 1.82) is 0 Å². The molecular weight excluding hydrogens is 336 g/mol. The Hall–Kier alpha value is -2.60. The van der Waals surface area contributed by atoms with E-state index in [4.69, 9.17) is 11.6 Å². The normalized spacial score (nSPS) is 11.7. The summed E-state index contributed by atoms with van der Waals surface area (Å²) in [7, 11) is 3.96. The highest BCUT2D eigenvalue weighted by atomic mass is 35.5. The molecule has 0 radical (unpaired) electrons. The Kier molecular flexibility index (Phi) is 5.50. The summed E-state index contributed by atoms with van der Waals surface area (Å²) in [5.41, 5.74) is 2.95. The number of nitrogens with zero attached hydrogens (tertiary/aromatic N) is 5. The number of fused-ring (bicyclic) bond motifs is 1. The van der Waals surface area contributed by atoms with Crippen LogP contribution in [0.3, 0.4) is 0 Å². The van der Waals surface area contributed by atoms with Crippen molar-refractivity contribution in [2.24, 2.45) is 4.99 Å². The SMILES string of the molecule is CN(C)C(=NCc1ccccc1)NCCc1cnc2c(Cl)cnn2c1. The molecule has 0 saturated carbocycles. The molecule has 3 aromatic rings. The van der Waals surface area contributed by atoms with Crippen molar-refractivity contribution in [3.63, 3.8) is 0 Å². The second kappa shape index (κ2) is 7.98. The van der Waals surface area contributed by atoms with E-state index in [1.807, 2.05) is 49.6 Å². The molecule has 25 heavy (non-hydrogen) atoms. The number of hydrogen-bond donors (Lipinski definition) is 1. The zero-order valence-electron chi connectivity index (χ0n) is 14.4. The number of rotatable bonds is 5. The van der Waals surface area contributed by atoms with Gasteiger partial charge in [0.1, 0.15) is 5.02 Å². The van der Waals surface area contributed by atoms with Gasteiger partial charge in [-0.1, -0.05) is 41.9 Å². The van der Waals surface area contributed by atoms with E-state index in [9.17, 15) is 0 Å². The lowest BCUT2D eigenvalue weighted by Crippen LogP contribution is -2.37. The first-order valence-electron chi connectivity index (χ1n) is 8.11. The predicted octanol–water partition coefficient (Wildman–Crippen LogP) is 2.63. The third-order valence-corrected chi connectivity index (χ3v) is 4.01. The van der Waals surface area contributed by atoms with Gasteiger partial charge in [0, 0.05) is 33.0 Å². The molecule has 0 spiro atoms. The molecule has 0 atom stereocenters. The molecule has 0 amide bonds. The zero-order chi connectivity index (χ0) is 17.6. The number of halogens is 1. The van der Waals surface area contributed by atoms with Crippen molar-refractivity contribution in [3.05, 3.63) is 65.1 Å². The third kappa shape index (κ3) is 4.48. The maximum atomic E-state index is 6.01. The summed E-state index contributed by atoms with van der Waals surface area (Å²) in [4.78, 5) is 11.0. The monoisotopic (exact) mass is 356 g/mol. The van der Waals surface area contributed by atoms with E-state index in [2.05, 4.69) is 32.5 Å². The molecule has 1 aromatic carbocycles. The number of nitrogens with one attached hydrogen (secondary N) is 1. The fraction of sp³-hybridized carbons (Fsp3) is 0.278. The first-order chi connectivity index (χ1) is 12.1. The Morgan fingerprint density at radius 3 is 2.76 bits per heavy atom. The fourth-order valence-electron chi connectivity index (χ4n) is 2.44. The van der Waals surface area contributed by atoms with Crippen LogP contribution in [0.4, 0.5) is 0 Å².